The number of rotatable bonds is 8. The van der Waals surface area contributed by atoms with Gasteiger partial charge in [-0.1, -0.05) is 17.3 Å². The zero-order valence-electron chi connectivity index (χ0n) is 22.2. The quantitative estimate of drug-likeness (QED) is 0.274. The van der Waals surface area contributed by atoms with E-state index >= 15 is 0 Å². The minimum atomic E-state index is -4.62. The van der Waals surface area contributed by atoms with Crippen LogP contribution in [0.1, 0.15) is 46.1 Å². The van der Waals surface area contributed by atoms with Gasteiger partial charge in [0.1, 0.15) is 17.2 Å². The molecule has 1 aromatic carbocycles. The molecule has 42 heavy (non-hydrogen) atoms. The van der Waals surface area contributed by atoms with Crippen molar-refractivity contribution in [2.24, 2.45) is 17.8 Å². The molecule has 0 spiro atoms. The van der Waals surface area contributed by atoms with Crippen molar-refractivity contribution in [1.82, 2.24) is 20.3 Å². The average Bonchev–Trinajstić information content (AvgIpc) is 3.70. The number of hydrogen-bond donors (Lipinski definition) is 1. The molecule has 216 valence electrons. The molecule has 3 aromatic heterocycles. The van der Waals surface area contributed by atoms with E-state index in [-0.39, 0.29) is 34.5 Å². The third kappa shape index (κ3) is 4.68. The molecule has 4 aromatic rings. The van der Waals surface area contributed by atoms with Gasteiger partial charge in [-0.05, 0) is 66.1 Å². The van der Waals surface area contributed by atoms with Crippen molar-refractivity contribution in [3.05, 3.63) is 65.2 Å². The Morgan fingerprint density at radius 1 is 1.14 bits per heavy atom. The van der Waals surface area contributed by atoms with E-state index in [1.807, 2.05) is 17.1 Å². The number of halogens is 3. The van der Waals surface area contributed by atoms with Gasteiger partial charge in [-0.2, -0.15) is 18.2 Å². The number of anilines is 1. The van der Waals surface area contributed by atoms with Crippen LogP contribution in [0.15, 0.2) is 51.7 Å². The summed E-state index contributed by atoms with van der Waals surface area (Å²) in [7, 11) is 1.45. The van der Waals surface area contributed by atoms with Crippen molar-refractivity contribution in [2.45, 2.75) is 24.9 Å². The summed E-state index contributed by atoms with van der Waals surface area (Å²) < 4.78 is 57.3. The third-order valence-electron chi connectivity index (χ3n) is 8.11. The molecule has 0 amide bonds. The number of ether oxygens (including phenoxy) is 1. The number of aromatic carboxylic acids is 1. The maximum absolute atomic E-state index is 13.7. The number of hydrogen-bond acceptors (Lipinski definition) is 9. The lowest BCUT2D eigenvalue weighted by molar-refractivity contribution is -0.140. The number of benzene rings is 1. The number of piperidine rings is 1. The van der Waals surface area contributed by atoms with Gasteiger partial charge in [0.15, 0.2) is 5.69 Å². The van der Waals surface area contributed by atoms with E-state index in [9.17, 15) is 23.1 Å². The zero-order valence-corrected chi connectivity index (χ0v) is 22.2. The first-order valence-electron chi connectivity index (χ1n) is 13.4. The van der Waals surface area contributed by atoms with E-state index in [0.29, 0.717) is 53.5 Å². The molecule has 3 fully saturated rings. The number of methoxy groups -OCH3 is 1. The lowest BCUT2D eigenvalue weighted by Gasteiger charge is -2.15. The topological polar surface area (TPSA) is 128 Å². The summed E-state index contributed by atoms with van der Waals surface area (Å²) >= 11 is 0. The Kier molecular flexibility index (Phi) is 6.06. The number of carboxylic acids is 1. The molecule has 2 unspecified atom stereocenters. The highest BCUT2D eigenvalue weighted by Gasteiger charge is 2.55. The van der Waals surface area contributed by atoms with Crippen molar-refractivity contribution in [3.8, 4) is 28.5 Å². The third-order valence-corrected chi connectivity index (χ3v) is 8.11. The average molecular weight is 580 g/mol. The first kappa shape index (κ1) is 26.2. The SMILES string of the molecule is COc1cc(C(=O)O)cc(-c2nc(N3CC4C(C=Cc5c(-c6cccnc6C(F)(F)F)noc5C5CC5)C4C3)no2)c1. The van der Waals surface area contributed by atoms with Crippen LogP contribution >= 0.6 is 0 Å². The van der Waals surface area contributed by atoms with Gasteiger partial charge in [0.2, 0.25) is 0 Å². The summed E-state index contributed by atoms with van der Waals surface area (Å²) in [6.45, 7) is 1.37. The molecule has 2 aliphatic carbocycles. The molecule has 1 saturated heterocycles. The largest absolute Gasteiger partial charge is 0.497 e. The normalized spacial score (nSPS) is 21.6. The molecule has 2 atom stereocenters. The highest BCUT2D eigenvalue weighted by atomic mass is 19.4. The van der Waals surface area contributed by atoms with Gasteiger partial charge in [0, 0.05) is 41.9 Å². The molecule has 1 aliphatic heterocycles. The number of alkyl halides is 3. The maximum atomic E-state index is 13.7. The molecule has 0 radical (unpaired) electrons. The van der Waals surface area contributed by atoms with E-state index in [2.05, 4.69) is 20.3 Å². The van der Waals surface area contributed by atoms with Crippen molar-refractivity contribution >= 4 is 18.0 Å². The molecule has 3 aliphatic rings. The van der Waals surface area contributed by atoms with Crippen LogP contribution in [0, 0.1) is 17.8 Å². The second-order valence-corrected chi connectivity index (χ2v) is 10.8. The van der Waals surface area contributed by atoms with Crippen LogP contribution in [-0.2, 0) is 6.18 Å². The van der Waals surface area contributed by atoms with Gasteiger partial charge < -0.3 is 23.8 Å². The second-order valence-electron chi connectivity index (χ2n) is 10.8. The minimum Gasteiger partial charge on any atom is -0.497 e. The fourth-order valence-corrected chi connectivity index (χ4v) is 5.78. The lowest BCUT2D eigenvalue weighted by Crippen LogP contribution is -2.24. The molecule has 0 bridgehead atoms. The first-order valence-corrected chi connectivity index (χ1v) is 13.4. The van der Waals surface area contributed by atoms with Crippen molar-refractivity contribution < 1.29 is 36.9 Å². The molecular formula is C29H24F3N5O5. The van der Waals surface area contributed by atoms with Crippen LogP contribution in [0.5, 0.6) is 5.75 Å². The molecule has 13 heteroatoms. The van der Waals surface area contributed by atoms with Crippen LogP contribution in [0.25, 0.3) is 28.8 Å². The molecule has 7 rings (SSSR count). The van der Waals surface area contributed by atoms with Gasteiger partial charge in [-0.3, -0.25) is 4.98 Å². The van der Waals surface area contributed by atoms with Gasteiger partial charge in [-0.15, -0.1) is 0 Å². The number of nitrogens with zero attached hydrogens (tertiary/aromatic N) is 5. The van der Waals surface area contributed by atoms with Gasteiger partial charge in [-0.25, -0.2) is 4.79 Å². The maximum Gasteiger partial charge on any atom is 0.434 e. The smallest absolute Gasteiger partial charge is 0.434 e. The van der Waals surface area contributed by atoms with E-state index in [1.165, 1.54) is 31.4 Å². The van der Waals surface area contributed by atoms with Crippen molar-refractivity contribution in [3.63, 3.8) is 0 Å². The molecule has 4 heterocycles. The Labute approximate surface area is 236 Å². The zero-order chi connectivity index (χ0) is 29.2. The predicted octanol–water partition coefficient (Wildman–Crippen LogP) is 5.79. The summed E-state index contributed by atoms with van der Waals surface area (Å²) in [6, 6.07) is 7.32. The highest BCUT2D eigenvalue weighted by Crippen LogP contribution is 2.54. The summed E-state index contributed by atoms with van der Waals surface area (Å²) in [5, 5.41) is 17.5. The number of aromatic nitrogens is 4. The monoisotopic (exact) mass is 579 g/mol. The Hall–Kier alpha value is -4.68. The molecule has 10 nitrogen and oxygen atoms in total. The number of pyridine rings is 1. The van der Waals surface area contributed by atoms with Crippen molar-refractivity contribution in [2.75, 3.05) is 25.1 Å². The van der Waals surface area contributed by atoms with Crippen LogP contribution < -0.4 is 9.64 Å². The standard InChI is InChI=1S/C29H24F3N5O5/c1-40-17-10-15(9-16(11-17)27(38)39)26-34-28(36-42-26)37-12-21-18(22(21)13-37)6-7-19-23(35-41-24(19)14-4-5-14)20-3-2-8-33-25(20)29(30,31)32/h2-3,6-11,14,18,21-22H,4-5,12-13H2,1H3,(H,38,39). The fourth-order valence-electron chi connectivity index (χ4n) is 5.78. The number of fused-ring (bicyclic) bond motifs is 1. The molecule has 2 saturated carbocycles. The lowest BCUT2D eigenvalue weighted by atomic mass is 10.0. The van der Waals surface area contributed by atoms with E-state index in [1.54, 1.807) is 6.07 Å². The van der Waals surface area contributed by atoms with Crippen molar-refractivity contribution in [1.29, 1.82) is 0 Å². The van der Waals surface area contributed by atoms with E-state index in [0.717, 1.165) is 19.0 Å². The van der Waals surface area contributed by atoms with Crippen LogP contribution in [0.4, 0.5) is 19.1 Å². The number of allylic oxidation sites excluding steroid dienone is 1. The van der Waals surface area contributed by atoms with Crippen LogP contribution in [0.2, 0.25) is 0 Å². The van der Waals surface area contributed by atoms with Crippen LogP contribution in [-0.4, -0.2) is 51.6 Å². The molecular weight excluding hydrogens is 555 g/mol. The molecule has 1 N–H and O–H groups in total. The van der Waals surface area contributed by atoms with Gasteiger partial charge in [0.05, 0.1) is 12.7 Å². The first-order chi connectivity index (χ1) is 20.2. The second kappa shape index (κ2) is 9.71. The fraction of sp³-hybridized carbons (Fsp3) is 0.345. The minimum absolute atomic E-state index is 0.0418. The van der Waals surface area contributed by atoms with E-state index in [4.69, 9.17) is 13.8 Å². The van der Waals surface area contributed by atoms with E-state index < -0.39 is 17.8 Å². The number of carboxylic acid groups (broad SMARTS) is 1. The van der Waals surface area contributed by atoms with Gasteiger partial charge >= 0.3 is 12.1 Å². The summed E-state index contributed by atoms with van der Waals surface area (Å²) in [5.74, 6) is 1.54. The Morgan fingerprint density at radius 2 is 1.93 bits per heavy atom. The summed E-state index contributed by atoms with van der Waals surface area (Å²) in [5.41, 5.74) is 0.140. The highest BCUT2D eigenvalue weighted by molar-refractivity contribution is 5.89. The number of carbonyl (C=O) groups is 1. The van der Waals surface area contributed by atoms with Gasteiger partial charge in [0.25, 0.3) is 11.8 Å². The summed E-state index contributed by atoms with van der Waals surface area (Å²) in [6.07, 6.45) is 2.24. The van der Waals surface area contributed by atoms with Crippen LogP contribution in [0.3, 0.4) is 0 Å². The Morgan fingerprint density at radius 3 is 2.62 bits per heavy atom. The summed E-state index contributed by atoms with van der Waals surface area (Å²) in [4.78, 5) is 21.5. The predicted molar refractivity (Wildman–Crippen MR) is 142 cm³/mol. The Balaban J connectivity index is 1.08. The Bertz CT molecular complexity index is 1700.